The predicted molar refractivity (Wildman–Crippen MR) is 117 cm³/mol. The van der Waals surface area contributed by atoms with Crippen LogP contribution < -0.4 is 5.43 Å². The Kier molecular flexibility index (Phi) is 6.39. The molecule has 0 fully saturated rings. The summed E-state index contributed by atoms with van der Waals surface area (Å²) < 4.78 is 0. The Bertz CT molecular complexity index is 944. The Hall–Kier alpha value is -2.35. The SMILES string of the molecule is CN(CCO)Cc1ccc(/C=N/Nc2ncnc3sc(C(C)(C)C)cc23)cc1. The lowest BCUT2D eigenvalue weighted by Crippen LogP contribution is -2.21. The minimum absolute atomic E-state index is 0.0822. The molecule has 2 N–H and O–H groups in total. The number of benzene rings is 1. The summed E-state index contributed by atoms with van der Waals surface area (Å²) >= 11 is 1.70. The van der Waals surface area contributed by atoms with Crippen molar-refractivity contribution in [2.24, 2.45) is 5.10 Å². The van der Waals surface area contributed by atoms with E-state index in [9.17, 15) is 0 Å². The van der Waals surface area contributed by atoms with Crippen LogP contribution in [0.25, 0.3) is 10.2 Å². The number of nitrogens with one attached hydrogen (secondary N) is 1. The second-order valence-electron chi connectivity index (χ2n) is 7.87. The van der Waals surface area contributed by atoms with Gasteiger partial charge in [-0.15, -0.1) is 11.3 Å². The zero-order valence-electron chi connectivity index (χ0n) is 16.8. The van der Waals surface area contributed by atoms with Crippen molar-refractivity contribution in [3.63, 3.8) is 0 Å². The zero-order valence-corrected chi connectivity index (χ0v) is 17.6. The lowest BCUT2D eigenvalue weighted by atomic mass is 9.94. The Labute approximate surface area is 170 Å². The van der Waals surface area contributed by atoms with Crippen molar-refractivity contribution in [1.29, 1.82) is 0 Å². The third kappa shape index (κ3) is 5.13. The third-order valence-electron chi connectivity index (χ3n) is 4.37. The quantitative estimate of drug-likeness (QED) is 0.468. The number of rotatable bonds is 7. The highest BCUT2D eigenvalue weighted by atomic mass is 32.1. The van der Waals surface area contributed by atoms with E-state index in [1.54, 1.807) is 23.9 Å². The first-order valence-electron chi connectivity index (χ1n) is 9.29. The molecule has 2 aromatic heterocycles. The van der Waals surface area contributed by atoms with Gasteiger partial charge in [0.15, 0.2) is 5.82 Å². The van der Waals surface area contributed by atoms with Gasteiger partial charge in [-0.3, -0.25) is 10.3 Å². The molecule has 28 heavy (non-hydrogen) atoms. The number of aliphatic hydroxyl groups is 1. The molecule has 148 valence electrons. The molecule has 7 heteroatoms. The third-order valence-corrected chi connectivity index (χ3v) is 5.84. The molecule has 0 bridgehead atoms. The van der Waals surface area contributed by atoms with Gasteiger partial charge in [0.25, 0.3) is 0 Å². The van der Waals surface area contributed by atoms with Crippen LogP contribution in [0.4, 0.5) is 5.82 Å². The molecule has 0 aliphatic heterocycles. The first-order chi connectivity index (χ1) is 13.4. The van der Waals surface area contributed by atoms with Crippen LogP contribution in [-0.4, -0.2) is 46.4 Å². The van der Waals surface area contributed by atoms with Crippen LogP contribution in [0.15, 0.2) is 41.8 Å². The van der Waals surface area contributed by atoms with Gasteiger partial charge in [0.1, 0.15) is 11.2 Å². The number of nitrogens with zero attached hydrogens (tertiary/aromatic N) is 4. The fraction of sp³-hybridized carbons (Fsp3) is 0.381. The van der Waals surface area contributed by atoms with E-state index >= 15 is 0 Å². The number of thiophene rings is 1. The molecular formula is C21H27N5OS. The van der Waals surface area contributed by atoms with Crippen molar-refractivity contribution in [3.8, 4) is 0 Å². The molecule has 0 radical (unpaired) electrons. The summed E-state index contributed by atoms with van der Waals surface area (Å²) in [4.78, 5) is 13.0. The average molecular weight is 398 g/mol. The summed E-state index contributed by atoms with van der Waals surface area (Å²) in [7, 11) is 1.99. The van der Waals surface area contributed by atoms with Gasteiger partial charge in [0.05, 0.1) is 18.2 Å². The van der Waals surface area contributed by atoms with Crippen molar-refractivity contribution in [3.05, 3.63) is 52.7 Å². The molecule has 3 aromatic rings. The maximum absolute atomic E-state index is 8.98. The van der Waals surface area contributed by atoms with Crippen LogP contribution in [-0.2, 0) is 12.0 Å². The van der Waals surface area contributed by atoms with E-state index in [-0.39, 0.29) is 12.0 Å². The summed E-state index contributed by atoms with van der Waals surface area (Å²) in [5.41, 5.74) is 5.34. The summed E-state index contributed by atoms with van der Waals surface area (Å²) in [5, 5.41) is 14.3. The van der Waals surface area contributed by atoms with E-state index < -0.39 is 0 Å². The number of fused-ring (bicyclic) bond motifs is 1. The first kappa shape index (κ1) is 20.4. The topological polar surface area (TPSA) is 73.6 Å². The summed E-state index contributed by atoms with van der Waals surface area (Å²) in [5.74, 6) is 0.718. The largest absolute Gasteiger partial charge is 0.395 e. The standard InChI is InChI=1S/C21H27N5OS/c1-21(2,3)18-11-17-19(22-14-23-20(17)28-18)25-24-12-15-5-7-16(8-6-15)13-26(4)9-10-27/h5-8,11-12,14,27H,9-10,13H2,1-4H3,(H,22,23,25)/b24-12+. The van der Waals surface area contributed by atoms with Crippen molar-refractivity contribution in [1.82, 2.24) is 14.9 Å². The Morgan fingerprint density at radius 3 is 2.64 bits per heavy atom. The van der Waals surface area contributed by atoms with E-state index in [0.29, 0.717) is 6.54 Å². The molecule has 0 aliphatic carbocycles. The second kappa shape index (κ2) is 8.77. The number of hydrogen-bond acceptors (Lipinski definition) is 7. The van der Waals surface area contributed by atoms with E-state index in [2.05, 4.69) is 64.4 Å². The van der Waals surface area contributed by atoms with Gasteiger partial charge in [-0.2, -0.15) is 5.10 Å². The van der Waals surface area contributed by atoms with Crippen molar-refractivity contribution < 1.29 is 5.11 Å². The van der Waals surface area contributed by atoms with E-state index in [4.69, 9.17) is 5.11 Å². The average Bonchev–Trinajstić information content (AvgIpc) is 3.09. The van der Waals surface area contributed by atoms with Crippen LogP contribution in [0.3, 0.4) is 0 Å². The summed E-state index contributed by atoms with van der Waals surface area (Å²) in [6.45, 7) is 8.24. The van der Waals surface area contributed by atoms with Crippen LogP contribution in [0.5, 0.6) is 0 Å². The first-order valence-corrected chi connectivity index (χ1v) is 10.1. The number of likely N-dealkylation sites (N-methyl/N-ethyl adjacent to an activating group) is 1. The smallest absolute Gasteiger partial charge is 0.158 e. The summed E-state index contributed by atoms with van der Waals surface area (Å²) in [6, 6.07) is 10.4. The number of anilines is 1. The highest BCUT2D eigenvalue weighted by Crippen LogP contribution is 2.35. The highest BCUT2D eigenvalue weighted by Gasteiger charge is 2.18. The van der Waals surface area contributed by atoms with Crippen LogP contribution in [0.2, 0.25) is 0 Å². The zero-order chi connectivity index (χ0) is 20.1. The monoisotopic (exact) mass is 397 g/mol. The molecule has 1 aromatic carbocycles. The predicted octanol–water partition coefficient (Wildman–Crippen LogP) is 3.86. The van der Waals surface area contributed by atoms with Gasteiger partial charge < -0.3 is 5.11 Å². The second-order valence-corrected chi connectivity index (χ2v) is 8.91. The Morgan fingerprint density at radius 2 is 1.96 bits per heavy atom. The molecule has 2 heterocycles. The molecule has 0 saturated heterocycles. The molecule has 0 atom stereocenters. The van der Waals surface area contributed by atoms with Gasteiger partial charge >= 0.3 is 0 Å². The number of hydrazone groups is 1. The van der Waals surface area contributed by atoms with Gasteiger partial charge in [-0.25, -0.2) is 9.97 Å². The minimum Gasteiger partial charge on any atom is -0.395 e. The van der Waals surface area contributed by atoms with Gasteiger partial charge in [0.2, 0.25) is 0 Å². The number of aromatic nitrogens is 2. The Morgan fingerprint density at radius 1 is 1.21 bits per heavy atom. The lowest BCUT2D eigenvalue weighted by molar-refractivity contribution is 0.217. The highest BCUT2D eigenvalue weighted by molar-refractivity contribution is 7.18. The fourth-order valence-electron chi connectivity index (χ4n) is 2.75. The van der Waals surface area contributed by atoms with E-state index in [0.717, 1.165) is 28.1 Å². The fourth-order valence-corrected chi connectivity index (χ4v) is 3.81. The minimum atomic E-state index is 0.0822. The molecule has 0 unspecified atom stereocenters. The molecule has 6 nitrogen and oxygen atoms in total. The van der Waals surface area contributed by atoms with E-state index in [1.165, 1.54) is 10.4 Å². The maximum Gasteiger partial charge on any atom is 0.158 e. The van der Waals surface area contributed by atoms with Crippen LogP contribution >= 0.6 is 11.3 Å². The van der Waals surface area contributed by atoms with Crippen molar-refractivity contribution in [2.75, 3.05) is 25.6 Å². The molecule has 3 rings (SSSR count). The van der Waals surface area contributed by atoms with Crippen LogP contribution in [0, 0.1) is 0 Å². The van der Waals surface area contributed by atoms with Gasteiger partial charge in [0, 0.05) is 18.0 Å². The van der Waals surface area contributed by atoms with Crippen molar-refractivity contribution in [2.45, 2.75) is 32.7 Å². The van der Waals surface area contributed by atoms with E-state index in [1.807, 2.05) is 19.2 Å². The van der Waals surface area contributed by atoms with Crippen molar-refractivity contribution >= 4 is 33.6 Å². The normalized spacial score (nSPS) is 12.4. The number of aliphatic hydroxyl groups excluding tert-OH is 1. The number of hydrogen-bond donors (Lipinski definition) is 2. The molecule has 0 amide bonds. The molecular weight excluding hydrogens is 370 g/mol. The Balaban J connectivity index is 1.68. The molecule has 0 aliphatic rings. The molecule has 0 spiro atoms. The maximum atomic E-state index is 8.98. The van der Waals surface area contributed by atoms with Crippen LogP contribution in [0.1, 0.15) is 36.8 Å². The van der Waals surface area contributed by atoms with Gasteiger partial charge in [-0.1, -0.05) is 45.0 Å². The lowest BCUT2D eigenvalue weighted by Gasteiger charge is -2.14. The summed E-state index contributed by atoms with van der Waals surface area (Å²) in [6.07, 6.45) is 3.35. The molecule has 0 saturated carbocycles. The van der Waals surface area contributed by atoms with Gasteiger partial charge in [-0.05, 0) is 29.7 Å².